The Kier molecular flexibility index (Phi) is 5.62. The maximum atomic E-state index is 13.6. The van der Waals surface area contributed by atoms with Crippen LogP contribution in [0.1, 0.15) is 30.7 Å². The number of carbonyl (C=O) groups excluding carboxylic acids is 1. The first-order valence-electron chi connectivity index (χ1n) is 10.2. The van der Waals surface area contributed by atoms with E-state index in [0.29, 0.717) is 53.5 Å². The molecule has 31 heavy (non-hydrogen) atoms. The van der Waals surface area contributed by atoms with Crippen molar-refractivity contribution in [3.63, 3.8) is 0 Å². The number of aromatic nitrogens is 2. The maximum Gasteiger partial charge on any atom is 0.336 e. The van der Waals surface area contributed by atoms with Gasteiger partial charge in [-0.25, -0.2) is 9.36 Å². The van der Waals surface area contributed by atoms with E-state index in [-0.39, 0.29) is 17.2 Å². The molecule has 4 rings (SSSR count). The molecule has 1 amide bonds. The van der Waals surface area contributed by atoms with Crippen molar-refractivity contribution in [2.75, 3.05) is 20.8 Å². The number of nitrogens with zero attached hydrogens (tertiary/aromatic N) is 3. The van der Waals surface area contributed by atoms with Crippen LogP contribution in [0.5, 0.6) is 11.5 Å². The molecule has 164 valence electrons. The van der Waals surface area contributed by atoms with Crippen LogP contribution in [-0.2, 0) is 24.3 Å². The van der Waals surface area contributed by atoms with Gasteiger partial charge in [-0.1, -0.05) is 6.92 Å². The fourth-order valence-electron chi connectivity index (χ4n) is 4.09. The van der Waals surface area contributed by atoms with Gasteiger partial charge in [0.1, 0.15) is 4.83 Å². The Morgan fingerprint density at radius 1 is 1.16 bits per heavy atom. The largest absolute Gasteiger partial charge is 0.493 e. The quantitative estimate of drug-likeness (QED) is 0.605. The SMILES string of the molecule is CCCn1c(=O)n(-c2ccc(OC)c(OC)c2)c(=O)c2c3c(sc21)CN(C(C)=O)CC3. The molecule has 3 heterocycles. The standard InChI is InChI=1S/C22H25N3O5S/c1-5-9-24-21-19(15-8-10-23(13(2)26)12-18(15)31-21)20(27)25(22(24)28)14-6-7-16(29-3)17(11-14)30-4/h6-7,11H,5,8-10,12H2,1-4H3. The smallest absolute Gasteiger partial charge is 0.336 e. The number of aryl methyl sites for hydroxylation is 1. The highest BCUT2D eigenvalue weighted by molar-refractivity contribution is 7.18. The zero-order valence-electron chi connectivity index (χ0n) is 18.1. The second kappa shape index (κ2) is 8.22. The average Bonchev–Trinajstić information content (AvgIpc) is 3.15. The van der Waals surface area contributed by atoms with Crippen LogP contribution in [0.25, 0.3) is 15.9 Å². The van der Waals surface area contributed by atoms with Crippen molar-refractivity contribution in [1.82, 2.24) is 14.0 Å². The predicted octanol–water partition coefficient (Wildman–Crippen LogP) is 2.55. The molecule has 0 unspecified atom stereocenters. The normalized spacial score (nSPS) is 13.4. The first-order chi connectivity index (χ1) is 14.9. The molecule has 1 aromatic carbocycles. The predicted molar refractivity (Wildman–Crippen MR) is 120 cm³/mol. The lowest BCUT2D eigenvalue weighted by Crippen LogP contribution is -2.39. The minimum absolute atomic E-state index is 0.0109. The Hall–Kier alpha value is -3.07. The van der Waals surface area contributed by atoms with E-state index >= 15 is 0 Å². The molecule has 0 bridgehead atoms. The monoisotopic (exact) mass is 443 g/mol. The summed E-state index contributed by atoms with van der Waals surface area (Å²) in [7, 11) is 3.05. The van der Waals surface area contributed by atoms with E-state index in [1.807, 2.05) is 6.92 Å². The van der Waals surface area contributed by atoms with Gasteiger partial charge < -0.3 is 14.4 Å². The van der Waals surface area contributed by atoms with E-state index in [9.17, 15) is 14.4 Å². The van der Waals surface area contributed by atoms with Crippen molar-refractivity contribution in [2.24, 2.45) is 0 Å². The molecule has 0 aliphatic carbocycles. The molecule has 1 aliphatic rings. The minimum atomic E-state index is -0.381. The summed E-state index contributed by atoms with van der Waals surface area (Å²) in [5, 5.41) is 0.575. The molecule has 0 saturated heterocycles. The van der Waals surface area contributed by atoms with E-state index in [0.717, 1.165) is 16.9 Å². The summed E-state index contributed by atoms with van der Waals surface area (Å²) < 4.78 is 13.5. The molecule has 9 heteroatoms. The van der Waals surface area contributed by atoms with Gasteiger partial charge >= 0.3 is 5.69 Å². The summed E-state index contributed by atoms with van der Waals surface area (Å²) in [5.41, 5.74) is 0.657. The molecule has 0 atom stereocenters. The van der Waals surface area contributed by atoms with Gasteiger partial charge in [0.2, 0.25) is 5.91 Å². The van der Waals surface area contributed by atoms with Crippen LogP contribution in [0, 0.1) is 0 Å². The lowest BCUT2D eigenvalue weighted by molar-refractivity contribution is -0.129. The lowest BCUT2D eigenvalue weighted by Gasteiger charge is -2.25. The number of hydrogen-bond acceptors (Lipinski definition) is 6. The number of thiophene rings is 1. The van der Waals surface area contributed by atoms with Crippen molar-refractivity contribution in [3.05, 3.63) is 49.5 Å². The molecule has 1 aliphatic heterocycles. The third kappa shape index (κ3) is 3.42. The molecule has 0 saturated carbocycles. The number of hydrogen-bond donors (Lipinski definition) is 0. The van der Waals surface area contributed by atoms with Crippen molar-refractivity contribution in [3.8, 4) is 17.2 Å². The highest BCUT2D eigenvalue weighted by Gasteiger charge is 2.27. The summed E-state index contributed by atoms with van der Waals surface area (Å²) >= 11 is 1.44. The Labute approximate surface area is 183 Å². The molecular weight excluding hydrogens is 418 g/mol. The summed E-state index contributed by atoms with van der Waals surface area (Å²) in [4.78, 5) is 42.3. The Morgan fingerprint density at radius 2 is 1.90 bits per heavy atom. The van der Waals surface area contributed by atoms with Crippen LogP contribution in [0.2, 0.25) is 0 Å². The number of methoxy groups -OCH3 is 2. The molecule has 3 aromatic rings. The molecule has 8 nitrogen and oxygen atoms in total. The topological polar surface area (TPSA) is 82.8 Å². The first kappa shape index (κ1) is 21.2. The maximum absolute atomic E-state index is 13.6. The number of ether oxygens (including phenoxy) is 2. The number of amides is 1. The van der Waals surface area contributed by atoms with Crippen molar-refractivity contribution in [2.45, 2.75) is 39.8 Å². The van der Waals surface area contributed by atoms with Gasteiger partial charge in [0.05, 0.1) is 31.8 Å². The van der Waals surface area contributed by atoms with Gasteiger partial charge in [-0.3, -0.25) is 14.2 Å². The van der Waals surface area contributed by atoms with Gasteiger partial charge in [0.25, 0.3) is 5.56 Å². The zero-order chi connectivity index (χ0) is 22.3. The fraction of sp³-hybridized carbons (Fsp3) is 0.409. The van der Waals surface area contributed by atoms with Crippen molar-refractivity contribution in [1.29, 1.82) is 0 Å². The van der Waals surface area contributed by atoms with Crippen LogP contribution < -0.4 is 20.7 Å². The summed E-state index contributed by atoms with van der Waals surface area (Å²) in [5.74, 6) is 0.973. The number of carbonyl (C=O) groups is 1. The van der Waals surface area contributed by atoms with Crippen molar-refractivity contribution >= 4 is 27.5 Å². The molecule has 2 aromatic heterocycles. The fourth-order valence-corrected chi connectivity index (χ4v) is 5.46. The van der Waals surface area contributed by atoms with Crippen LogP contribution in [-0.4, -0.2) is 40.7 Å². The molecule has 0 N–H and O–H groups in total. The summed E-state index contributed by atoms with van der Waals surface area (Å²) in [6.07, 6.45) is 1.35. The second-order valence-electron chi connectivity index (χ2n) is 7.49. The molecule has 0 fully saturated rings. The third-order valence-electron chi connectivity index (χ3n) is 5.64. The van der Waals surface area contributed by atoms with Crippen LogP contribution in [0.15, 0.2) is 27.8 Å². The zero-order valence-corrected chi connectivity index (χ0v) is 18.9. The molecule has 0 spiro atoms. The van der Waals surface area contributed by atoms with E-state index < -0.39 is 0 Å². The van der Waals surface area contributed by atoms with Gasteiger partial charge in [-0.05, 0) is 30.5 Å². The third-order valence-corrected chi connectivity index (χ3v) is 6.88. The van der Waals surface area contributed by atoms with Gasteiger partial charge in [-0.15, -0.1) is 11.3 Å². The Morgan fingerprint density at radius 3 is 2.55 bits per heavy atom. The van der Waals surface area contributed by atoms with Gasteiger partial charge in [0, 0.05) is 31.0 Å². The minimum Gasteiger partial charge on any atom is -0.493 e. The van der Waals surface area contributed by atoms with E-state index in [1.165, 1.54) is 30.1 Å². The number of fused-ring (bicyclic) bond motifs is 3. The summed E-state index contributed by atoms with van der Waals surface area (Å²) in [6, 6.07) is 5.00. The van der Waals surface area contributed by atoms with Gasteiger partial charge in [0.15, 0.2) is 11.5 Å². The van der Waals surface area contributed by atoms with Crippen LogP contribution >= 0.6 is 11.3 Å². The Balaban J connectivity index is 2.01. The first-order valence-corrected chi connectivity index (χ1v) is 11.0. The highest BCUT2D eigenvalue weighted by atomic mass is 32.1. The van der Waals surface area contributed by atoms with Gasteiger partial charge in [-0.2, -0.15) is 0 Å². The average molecular weight is 444 g/mol. The Bertz CT molecular complexity index is 1290. The van der Waals surface area contributed by atoms with Crippen molar-refractivity contribution < 1.29 is 14.3 Å². The number of benzene rings is 1. The highest BCUT2D eigenvalue weighted by Crippen LogP contribution is 2.34. The molecule has 0 radical (unpaired) electrons. The van der Waals surface area contributed by atoms with E-state index in [2.05, 4.69) is 0 Å². The molecular formula is C22H25N3O5S. The lowest BCUT2D eigenvalue weighted by atomic mass is 10.1. The number of rotatable bonds is 5. The second-order valence-corrected chi connectivity index (χ2v) is 8.57. The van der Waals surface area contributed by atoms with E-state index in [4.69, 9.17) is 9.47 Å². The van der Waals surface area contributed by atoms with E-state index in [1.54, 1.807) is 34.6 Å². The van der Waals surface area contributed by atoms with Crippen LogP contribution in [0.4, 0.5) is 0 Å². The summed E-state index contributed by atoms with van der Waals surface area (Å²) in [6.45, 7) is 5.08. The van der Waals surface area contributed by atoms with Crippen LogP contribution in [0.3, 0.4) is 0 Å².